The zero-order chi connectivity index (χ0) is 14.8. The molecule has 21 heavy (non-hydrogen) atoms. The summed E-state index contributed by atoms with van der Waals surface area (Å²) in [5.41, 5.74) is 0. The molecule has 0 bridgehead atoms. The Kier molecular flexibility index (Phi) is 4.69. The van der Waals surface area contributed by atoms with E-state index >= 15 is 0 Å². The summed E-state index contributed by atoms with van der Waals surface area (Å²) in [7, 11) is 0. The number of aliphatic hydroxyl groups is 1. The van der Waals surface area contributed by atoms with Crippen molar-refractivity contribution in [2.24, 2.45) is 5.92 Å². The predicted molar refractivity (Wildman–Crippen MR) is 82.1 cm³/mol. The monoisotopic (exact) mass is 295 g/mol. The SMILES string of the molecule is CC(O)C1CCCN(C(=O)NC2CCN3CCCCC23)C1. The largest absolute Gasteiger partial charge is 0.393 e. The molecule has 3 aliphatic heterocycles. The number of likely N-dealkylation sites (tertiary alicyclic amines) is 1. The first kappa shape index (κ1) is 15.1. The van der Waals surface area contributed by atoms with Crippen LogP contribution in [0.5, 0.6) is 0 Å². The van der Waals surface area contributed by atoms with Crippen LogP contribution in [0, 0.1) is 5.92 Å². The Balaban J connectivity index is 1.54. The van der Waals surface area contributed by atoms with Gasteiger partial charge in [0.15, 0.2) is 0 Å². The highest BCUT2D eigenvalue weighted by Gasteiger charge is 2.37. The molecule has 3 fully saturated rings. The van der Waals surface area contributed by atoms with E-state index in [1.165, 1.54) is 25.8 Å². The van der Waals surface area contributed by atoms with E-state index in [4.69, 9.17) is 0 Å². The predicted octanol–water partition coefficient (Wildman–Crippen LogP) is 1.42. The summed E-state index contributed by atoms with van der Waals surface area (Å²) in [5.74, 6) is 0.235. The first-order valence-corrected chi connectivity index (χ1v) is 8.62. The molecule has 2 N–H and O–H groups in total. The third-order valence-corrected chi connectivity index (χ3v) is 5.59. The van der Waals surface area contributed by atoms with Gasteiger partial charge in [0.1, 0.15) is 0 Å². The number of fused-ring (bicyclic) bond motifs is 1. The molecule has 0 radical (unpaired) electrons. The van der Waals surface area contributed by atoms with Crippen molar-refractivity contribution in [2.45, 2.75) is 63.6 Å². The Morgan fingerprint density at radius 2 is 2.00 bits per heavy atom. The number of carbonyl (C=O) groups excluding carboxylic acids is 1. The number of hydrogen-bond donors (Lipinski definition) is 2. The molecule has 120 valence electrons. The quantitative estimate of drug-likeness (QED) is 0.810. The molecule has 0 saturated carbocycles. The van der Waals surface area contributed by atoms with Gasteiger partial charge in [-0.2, -0.15) is 0 Å². The molecule has 0 spiro atoms. The fraction of sp³-hybridized carbons (Fsp3) is 0.938. The summed E-state index contributed by atoms with van der Waals surface area (Å²) in [4.78, 5) is 17.0. The van der Waals surface area contributed by atoms with Gasteiger partial charge in [0.2, 0.25) is 0 Å². The minimum absolute atomic E-state index is 0.0813. The van der Waals surface area contributed by atoms with Gasteiger partial charge in [-0.15, -0.1) is 0 Å². The fourth-order valence-electron chi connectivity index (χ4n) is 4.25. The van der Waals surface area contributed by atoms with Crippen LogP contribution in [-0.4, -0.2) is 65.3 Å². The lowest BCUT2D eigenvalue weighted by Crippen LogP contribution is -2.53. The average molecular weight is 295 g/mol. The smallest absolute Gasteiger partial charge is 0.317 e. The number of carbonyl (C=O) groups is 1. The van der Waals surface area contributed by atoms with Crippen molar-refractivity contribution in [1.82, 2.24) is 15.1 Å². The zero-order valence-corrected chi connectivity index (χ0v) is 13.1. The summed E-state index contributed by atoms with van der Waals surface area (Å²) in [6.07, 6.45) is 6.62. The minimum atomic E-state index is -0.319. The lowest BCUT2D eigenvalue weighted by molar-refractivity contribution is 0.0726. The Labute approximate surface area is 127 Å². The Morgan fingerprint density at radius 1 is 1.14 bits per heavy atom. The van der Waals surface area contributed by atoms with E-state index in [9.17, 15) is 9.90 Å². The first-order chi connectivity index (χ1) is 10.1. The second-order valence-corrected chi connectivity index (χ2v) is 7.03. The number of urea groups is 1. The van der Waals surface area contributed by atoms with E-state index in [1.807, 2.05) is 11.8 Å². The van der Waals surface area contributed by atoms with Crippen molar-refractivity contribution in [1.29, 1.82) is 0 Å². The van der Waals surface area contributed by atoms with E-state index in [2.05, 4.69) is 10.2 Å². The van der Waals surface area contributed by atoms with Gasteiger partial charge >= 0.3 is 6.03 Å². The van der Waals surface area contributed by atoms with Crippen molar-refractivity contribution in [2.75, 3.05) is 26.2 Å². The van der Waals surface area contributed by atoms with E-state index in [1.54, 1.807) is 0 Å². The van der Waals surface area contributed by atoms with Gasteiger partial charge in [0.25, 0.3) is 0 Å². The number of nitrogens with one attached hydrogen (secondary N) is 1. The lowest BCUT2D eigenvalue weighted by atomic mass is 9.93. The van der Waals surface area contributed by atoms with Crippen molar-refractivity contribution < 1.29 is 9.90 Å². The standard InChI is InChI=1S/C16H29N3O2/c1-12(20)13-5-4-9-19(11-13)16(21)17-14-7-10-18-8-3-2-6-15(14)18/h12-15,20H,2-11H2,1H3,(H,17,21). The maximum absolute atomic E-state index is 12.5. The molecule has 5 nitrogen and oxygen atoms in total. The molecule has 3 saturated heterocycles. The highest BCUT2D eigenvalue weighted by molar-refractivity contribution is 5.74. The van der Waals surface area contributed by atoms with Gasteiger partial charge in [0, 0.05) is 37.6 Å². The van der Waals surface area contributed by atoms with Crippen LogP contribution in [0.25, 0.3) is 0 Å². The average Bonchev–Trinajstić information content (AvgIpc) is 2.91. The maximum atomic E-state index is 12.5. The Bertz CT molecular complexity index is 375. The van der Waals surface area contributed by atoms with Gasteiger partial charge in [-0.3, -0.25) is 4.90 Å². The van der Waals surface area contributed by atoms with Crippen LogP contribution in [0.4, 0.5) is 4.79 Å². The summed E-state index contributed by atoms with van der Waals surface area (Å²) in [6, 6.07) is 0.961. The van der Waals surface area contributed by atoms with Crippen LogP contribution >= 0.6 is 0 Å². The van der Waals surface area contributed by atoms with Crippen molar-refractivity contribution in [3.63, 3.8) is 0 Å². The molecule has 3 heterocycles. The summed E-state index contributed by atoms with van der Waals surface area (Å²) in [6.45, 7) is 5.69. The normalized spacial score (nSPS) is 35.3. The number of aliphatic hydroxyl groups excluding tert-OH is 1. The molecule has 0 aromatic rings. The van der Waals surface area contributed by atoms with Crippen LogP contribution in [-0.2, 0) is 0 Å². The lowest BCUT2D eigenvalue weighted by Gasteiger charge is -2.36. The van der Waals surface area contributed by atoms with Crippen molar-refractivity contribution in [3.8, 4) is 0 Å². The number of nitrogens with zero attached hydrogens (tertiary/aromatic N) is 2. The molecule has 0 aromatic heterocycles. The number of hydrogen-bond acceptors (Lipinski definition) is 3. The molecule has 4 atom stereocenters. The second kappa shape index (κ2) is 6.53. The maximum Gasteiger partial charge on any atom is 0.317 e. The van der Waals surface area contributed by atoms with Crippen molar-refractivity contribution in [3.05, 3.63) is 0 Å². The van der Waals surface area contributed by atoms with Crippen LogP contribution in [0.2, 0.25) is 0 Å². The highest BCUT2D eigenvalue weighted by atomic mass is 16.3. The molecule has 3 aliphatic rings. The molecular weight excluding hydrogens is 266 g/mol. The molecule has 0 aliphatic carbocycles. The highest BCUT2D eigenvalue weighted by Crippen LogP contribution is 2.27. The first-order valence-electron chi connectivity index (χ1n) is 8.62. The summed E-state index contributed by atoms with van der Waals surface area (Å²) in [5, 5.41) is 13.0. The van der Waals surface area contributed by atoms with Gasteiger partial charge in [-0.1, -0.05) is 6.42 Å². The topological polar surface area (TPSA) is 55.8 Å². The van der Waals surface area contributed by atoms with Crippen LogP contribution in [0.1, 0.15) is 45.4 Å². The fourth-order valence-corrected chi connectivity index (χ4v) is 4.25. The third kappa shape index (κ3) is 3.34. The zero-order valence-electron chi connectivity index (χ0n) is 13.1. The van der Waals surface area contributed by atoms with Gasteiger partial charge in [-0.05, 0) is 45.6 Å². The minimum Gasteiger partial charge on any atom is -0.393 e. The van der Waals surface area contributed by atoms with Crippen molar-refractivity contribution >= 4 is 6.03 Å². The van der Waals surface area contributed by atoms with Crippen LogP contribution in [0.15, 0.2) is 0 Å². The Hall–Kier alpha value is -0.810. The van der Waals surface area contributed by atoms with E-state index < -0.39 is 0 Å². The van der Waals surface area contributed by atoms with Gasteiger partial charge < -0.3 is 15.3 Å². The van der Waals surface area contributed by atoms with Gasteiger partial charge in [0.05, 0.1) is 6.10 Å². The number of piperidine rings is 2. The van der Waals surface area contributed by atoms with E-state index in [0.29, 0.717) is 18.6 Å². The number of amides is 2. The third-order valence-electron chi connectivity index (χ3n) is 5.59. The van der Waals surface area contributed by atoms with E-state index in [-0.39, 0.29) is 18.1 Å². The second-order valence-electron chi connectivity index (χ2n) is 7.03. The number of rotatable bonds is 2. The molecule has 2 amide bonds. The molecular formula is C16H29N3O2. The van der Waals surface area contributed by atoms with E-state index in [0.717, 1.165) is 32.4 Å². The van der Waals surface area contributed by atoms with Crippen LogP contribution < -0.4 is 5.32 Å². The molecule has 5 heteroatoms. The molecule has 0 aromatic carbocycles. The van der Waals surface area contributed by atoms with Crippen LogP contribution in [0.3, 0.4) is 0 Å². The summed E-state index contributed by atoms with van der Waals surface area (Å²) >= 11 is 0. The Morgan fingerprint density at radius 3 is 2.81 bits per heavy atom. The van der Waals surface area contributed by atoms with Gasteiger partial charge in [-0.25, -0.2) is 4.79 Å². The molecule has 3 rings (SSSR count). The summed E-state index contributed by atoms with van der Waals surface area (Å²) < 4.78 is 0. The molecule has 4 unspecified atom stereocenters.